The summed E-state index contributed by atoms with van der Waals surface area (Å²) >= 11 is 12.2. The van der Waals surface area contributed by atoms with E-state index in [0.29, 0.717) is 10.2 Å². The Morgan fingerprint density at radius 2 is 2.05 bits per heavy atom. The lowest BCUT2D eigenvalue weighted by atomic mass is 10.0. The molecule has 2 rings (SSSR count). The molecule has 20 heavy (non-hydrogen) atoms. The summed E-state index contributed by atoms with van der Waals surface area (Å²) in [6.07, 6.45) is 1.01. The first-order valence-electron chi connectivity index (χ1n) is 6.47. The van der Waals surface area contributed by atoms with Crippen LogP contribution in [0, 0.1) is 0 Å². The van der Waals surface area contributed by atoms with Crippen LogP contribution >= 0.6 is 23.2 Å². The molecule has 1 N–H and O–H groups in total. The summed E-state index contributed by atoms with van der Waals surface area (Å²) in [5.74, 6) is 1.47. The number of hydrogen-bond acceptors (Lipinski definition) is 3. The summed E-state index contributed by atoms with van der Waals surface area (Å²) in [5, 5.41) is 4.41. The van der Waals surface area contributed by atoms with Crippen LogP contribution in [0.2, 0.25) is 10.2 Å². The number of furan rings is 1. The fraction of sp³-hybridized carbons (Fsp3) is 0.333. The van der Waals surface area contributed by atoms with E-state index in [4.69, 9.17) is 32.4 Å². The zero-order chi connectivity index (χ0) is 14.5. The Morgan fingerprint density at radius 3 is 2.60 bits per heavy atom. The second kappa shape index (κ2) is 7.02. The molecule has 3 nitrogen and oxygen atoms in total. The third-order valence-corrected chi connectivity index (χ3v) is 3.53. The molecule has 0 saturated heterocycles. The van der Waals surface area contributed by atoms with E-state index in [1.54, 1.807) is 19.2 Å². The predicted octanol–water partition coefficient (Wildman–Crippen LogP) is 4.68. The highest BCUT2D eigenvalue weighted by atomic mass is 35.5. The lowest BCUT2D eigenvalue weighted by molar-refractivity contribution is 0.413. The van der Waals surface area contributed by atoms with Crippen molar-refractivity contribution in [2.45, 2.75) is 19.4 Å². The number of benzene rings is 1. The highest BCUT2D eigenvalue weighted by Gasteiger charge is 2.20. The average Bonchev–Trinajstić information content (AvgIpc) is 2.87. The molecular formula is C15H17Cl2NO2. The van der Waals surface area contributed by atoms with Gasteiger partial charge in [0.25, 0.3) is 0 Å². The van der Waals surface area contributed by atoms with E-state index < -0.39 is 0 Å². The summed E-state index contributed by atoms with van der Waals surface area (Å²) < 4.78 is 10.7. The maximum atomic E-state index is 6.34. The third-order valence-electron chi connectivity index (χ3n) is 3.00. The van der Waals surface area contributed by atoms with Crippen molar-refractivity contribution >= 4 is 23.2 Å². The summed E-state index contributed by atoms with van der Waals surface area (Å²) in [6, 6.07) is 9.07. The molecule has 0 aliphatic heterocycles. The van der Waals surface area contributed by atoms with Gasteiger partial charge in [0.15, 0.2) is 5.22 Å². The predicted molar refractivity (Wildman–Crippen MR) is 81.9 cm³/mol. The second-order valence-electron chi connectivity index (χ2n) is 4.42. The van der Waals surface area contributed by atoms with Crippen LogP contribution in [0.15, 0.2) is 34.7 Å². The minimum atomic E-state index is -0.124. The minimum absolute atomic E-state index is 0.124. The van der Waals surface area contributed by atoms with Gasteiger partial charge in [-0.3, -0.25) is 0 Å². The fourth-order valence-corrected chi connectivity index (χ4v) is 2.44. The van der Waals surface area contributed by atoms with Gasteiger partial charge in [0.05, 0.1) is 13.2 Å². The average molecular weight is 314 g/mol. The van der Waals surface area contributed by atoms with Gasteiger partial charge in [0.2, 0.25) is 0 Å². The number of ether oxygens (including phenoxy) is 1. The molecule has 0 bridgehead atoms. The van der Waals surface area contributed by atoms with E-state index >= 15 is 0 Å². The van der Waals surface area contributed by atoms with Gasteiger partial charge in [0.1, 0.15) is 11.5 Å². The fourth-order valence-electron chi connectivity index (χ4n) is 2.00. The van der Waals surface area contributed by atoms with Crippen LogP contribution in [-0.4, -0.2) is 13.7 Å². The van der Waals surface area contributed by atoms with Crippen molar-refractivity contribution in [3.05, 3.63) is 51.9 Å². The van der Waals surface area contributed by atoms with E-state index in [1.165, 1.54) is 0 Å². The Labute approximate surface area is 128 Å². The van der Waals surface area contributed by atoms with Crippen LogP contribution in [0.3, 0.4) is 0 Å². The zero-order valence-electron chi connectivity index (χ0n) is 11.5. The molecular weight excluding hydrogens is 297 g/mol. The van der Waals surface area contributed by atoms with Crippen molar-refractivity contribution in [2.75, 3.05) is 13.7 Å². The number of halogens is 2. The van der Waals surface area contributed by atoms with Crippen molar-refractivity contribution < 1.29 is 9.15 Å². The molecule has 108 valence electrons. The Bertz CT molecular complexity index is 569. The Balaban J connectivity index is 2.35. The number of nitrogens with one attached hydrogen (secondary N) is 1. The molecule has 1 aromatic carbocycles. The normalized spacial score (nSPS) is 12.4. The van der Waals surface area contributed by atoms with Gasteiger partial charge in [-0.25, -0.2) is 0 Å². The molecule has 0 amide bonds. The molecule has 1 heterocycles. The summed E-state index contributed by atoms with van der Waals surface area (Å²) in [7, 11) is 1.62. The second-order valence-corrected chi connectivity index (χ2v) is 5.20. The molecule has 0 saturated carbocycles. The van der Waals surface area contributed by atoms with E-state index in [2.05, 4.69) is 12.2 Å². The minimum Gasteiger partial charge on any atom is -0.497 e. The van der Waals surface area contributed by atoms with Crippen molar-refractivity contribution in [2.24, 2.45) is 0 Å². The standard InChI is InChI=1S/C15H17Cl2NO2/c1-3-8-18-15(13-6-7-14(17)20-13)11-5-4-10(19-2)9-12(11)16/h4-7,9,15,18H,3,8H2,1-2H3. The van der Waals surface area contributed by atoms with E-state index in [9.17, 15) is 0 Å². The summed E-state index contributed by atoms with van der Waals surface area (Å²) in [6.45, 7) is 2.96. The van der Waals surface area contributed by atoms with Crippen molar-refractivity contribution in [3.8, 4) is 5.75 Å². The highest BCUT2D eigenvalue weighted by Crippen LogP contribution is 2.32. The molecule has 1 unspecified atom stereocenters. The molecule has 0 radical (unpaired) electrons. The number of methoxy groups -OCH3 is 1. The zero-order valence-corrected chi connectivity index (χ0v) is 13.0. The molecule has 1 atom stereocenters. The largest absolute Gasteiger partial charge is 0.497 e. The van der Waals surface area contributed by atoms with Gasteiger partial charge < -0.3 is 14.5 Å². The van der Waals surface area contributed by atoms with Crippen LogP contribution in [0.1, 0.15) is 30.7 Å². The first-order valence-corrected chi connectivity index (χ1v) is 7.23. The van der Waals surface area contributed by atoms with Gasteiger partial charge >= 0.3 is 0 Å². The first kappa shape index (κ1) is 15.2. The lowest BCUT2D eigenvalue weighted by Crippen LogP contribution is -2.23. The van der Waals surface area contributed by atoms with Gasteiger partial charge in [0, 0.05) is 5.02 Å². The van der Waals surface area contributed by atoms with E-state index in [-0.39, 0.29) is 6.04 Å². The smallest absolute Gasteiger partial charge is 0.193 e. The van der Waals surface area contributed by atoms with Crippen LogP contribution in [0.25, 0.3) is 0 Å². The van der Waals surface area contributed by atoms with Crippen LogP contribution < -0.4 is 10.1 Å². The monoisotopic (exact) mass is 313 g/mol. The van der Waals surface area contributed by atoms with Gasteiger partial charge in [-0.15, -0.1) is 0 Å². The molecule has 2 aromatic rings. The van der Waals surface area contributed by atoms with Gasteiger partial charge in [-0.05, 0) is 54.4 Å². The maximum Gasteiger partial charge on any atom is 0.193 e. The first-order chi connectivity index (χ1) is 9.65. The Kier molecular flexibility index (Phi) is 5.35. The maximum absolute atomic E-state index is 6.34. The third kappa shape index (κ3) is 3.48. The topological polar surface area (TPSA) is 34.4 Å². The van der Waals surface area contributed by atoms with Crippen molar-refractivity contribution in [3.63, 3.8) is 0 Å². The Morgan fingerprint density at radius 1 is 1.25 bits per heavy atom. The number of rotatable bonds is 6. The van der Waals surface area contributed by atoms with Crippen LogP contribution in [0.4, 0.5) is 0 Å². The van der Waals surface area contributed by atoms with Crippen LogP contribution in [0.5, 0.6) is 5.75 Å². The summed E-state index contributed by atoms with van der Waals surface area (Å²) in [4.78, 5) is 0. The van der Waals surface area contributed by atoms with Crippen molar-refractivity contribution in [1.29, 1.82) is 0 Å². The molecule has 0 aliphatic rings. The Hall–Kier alpha value is -1.16. The highest BCUT2D eigenvalue weighted by molar-refractivity contribution is 6.31. The molecule has 5 heteroatoms. The van der Waals surface area contributed by atoms with Crippen molar-refractivity contribution in [1.82, 2.24) is 5.32 Å². The van der Waals surface area contributed by atoms with E-state index in [0.717, 1.165) is 30.0 Å². The molecule has 0 aliphatic carbocycles. The quantitative estimate of drug-likeness (QED) is 0.840. The van der Waals surface area contributed by atoms with Gasteiger partial charge in [-0.2, -0.15) is 0 Å². The van der Waals surface area contributed by atoms with Crippen LogP contribution in [-0.2, 0) is 0 Å². The van der Waals surface area contributed by atoms with E-state index in [1.807, 2.05) is 18.2 Å². The lowest BCUT2D eigenvalue weighted by Gasteiger charge is -2.18. The van der Waals surface area contributed by atoms with Gasteiger partial charge in [-0.1, -0.05) is 24.6 Å². The number of hydrogen-bond donors (Lipinski definition) is 1. The SMILES string of the molecule is CCCNC(c1ccc(Cl)o1)c1ccc(OC)cc1Cl. The molecule has 0 spiro atoms. The molecule has 1 aromatic heterocycles. The molecule has 0 fully saturated rings. The summed E-state index contributed by atoms with van der Waals surface area (Å²) in [5.41, 5.74) is 0.937.